The van der Waals surface area contributed by atoms with Gasteiger partial charge in [-0.25, -0.2) is 4.79 Å². The van der Waals surface area contributed by atoms with E-state index in [9.17, 15) is 24.1 Å². The molecule has 11 heteroatoms. The smallest absolute Gasteiger partial charge is 0.338 e. The van der Waals surface area contributed by atoms with Crippen molar-refractivity contribution in [3.8, 4) is 11.4 Å². The van der Waals surface area contributed by atoms with Gasteiger partial charge in [0.25, 0.3) is 0 Å². The monoisotopic (exact) mass is 698 g/mol. The number of benzene rings is 5. The van der Waals surface area contributed by atoms with E-state index >= 15 is 0 Å². The number of phenols is 1. The van der Waals surface area contributed by atoms with Crippen molar-refractivity contribution >= 4 is 46.2 Å². The second kappa shape index (κ2) is 14.4. The molecule has 2 N–H and O–H groups in total. The summed E-state index contributed by atoms with van der Waals surface area (Å²) in [6.45, 7) is 8.89. The molecule has 256 valence electrons. The minimum atomic E-state index is -3.70. The first-order valence-electron chi connectivity index (χ1n) is 16.1. The summed E-state index contributed by atoms with van der Waals surface area (Å²) < 4.78 is 20.4. The number of nitrogens with zero attached hydrogens (tertiary/aromatic N) is 3. The molecule has 5 aromatic carbocycles. The van der Waals surface area contributed by atoms with Gasteiger partial charge in [-0.15, -0.1) is 15.0 Å². The topological polar surface area (TPSA) is 140 Å². The van der Waals surface area contributed by atoms with Crippen LogP contribution in [0.1, 0.15) is 48.5 Å². The van der Waals surface area contributed by atoms with Crippen LogP contribution < -0.4 is 15.9 Å². The molecule has 6 aromatic rings. The van der Waals surface area contributed by atoms with E-state index in [0.29, 0.717) is 55.1 Å². The summed E-state index contributed by atoms with van der Waals surface area (Å²) in [7, 11) is -3.70. The first-order chi connectivity index (χ1) is 24.5. The third-order valence-electron chi connectivity index (χ3n) is 8.48. The van der Waals surface area contributed by atoms with Crippen LogP contribution in [0, 0.1) is 20.8 Å². The third kappa shape index (κ3) is 7.00. The number of nitrogens with one attached hydrogen (secondary N) is 1. The molecule has 1 amide bonds. The Balaban J connectivity index is 1.21. The van der Waals surface area contributed by atoms with Crippen LogP contribution in [0.25, 0.3) is 16.7 Å². The van der Waals surface area contributed by atoms with Crippen molar-refractivity contribution in [2.45, 2.75) is 33.9 Å². The van der Waals surface area contributed by atoms with Crippen LogP contribution in [0.2, 0.25) is 0 Å². The highest BCUT2D eigenvalue weighted by atomic mass is 31.2. The lowest BCUT2D eigenvalue weighted by Crippen LogP contribution is -2.23. The highest BCUT2D eigenvalue weighted by Gasteiger charge is 2.38. The summed E-state index contributed by atoms with van der Waals surface area (Å²) in [5.41, 5.74) is 4.62. The van der Waals surface area contributed by atoms with E-state index in [1.54, 1.807) is 105 Å². The number of rotatable bonds is 11. The lowest BCUT2D eigenvalue weighted by Gasteiger charge is -2.21. The van der Waals surface area contributed by atoms with Crippen molar-refractivity contribution in [3.05, 3.63) is 155 Å². The van der Waals surface area contributed by atoms with Crippen molar-refractivity contribution < 1.29 is 28.8 Å². The van der Waals surface area contributed by atoms with Gasteiger partial charge < -0.3 is 19.7 Å². The number of aryl methyl sites for hydroxylation is 3. The highest BCUT2D eigenvalue weighted by molar-refractivity contribution is 7.93. The Morgan fingerprint density at radius 2 is 1.45 bits per heavy atom. The first kappa shape index (κ1) is 34.7. The molecule has 0 aliphatic carbocycles. The van der Waals surface area contributed by atoms with Crippen molar-refractivity contribution in [1.29, 1.82) is 0 Å². The molecule has 0 bridgehead atoms. The van der Waals surface area contributed by atoms with Gasteiger partial charge in [-0.05, 0) is 73.4 Å². The molecule has 0 unspecified atom stereocenters. The van der Waals surface area contributed by atoms with Crippen LogP contribution in [-0.2, 0) is 27.2 Å². The Labute approximate surface area is 294 Å². The van der Waals surface area contributed by atoms with E-state index < -0.39 is 18.6 Å². The molecule has 10 nitrogen and oxygen atoms in total. The molecular weight excluding hydrogens is 663 g/mol. The van der Waals surface area contributed by atoms with Gasteiger partial charge in [0, 0.05) is 28.3 Å². The number of carbonyl (C=O) groups is 3. The number of phenolic OH excluding ortho intramolecular Hbond substituents is 1. The van der Waals surface area contributed by atoms with Crippen LogP contribution in [0.15, 0.2) is 116 Å². The minimum Gasteiger partial charge on any atom is -0.505 e. The number of aromatic nitrogens is 3. The average molecular weight is 699 g/mol. The number of aromatic hydroxyl groups is 1. The third-order valence-corrected chi connectivity index (χ3v) is 11.3. The van der Waals surface area contributed by atoms with E-state index in [0.717, 1.165) is 11.6 Å². The van der Waals surface area contributed by atoms with Gasteiger partial charge in [0.15, 0.2) is 0 Å². The molecule has 0 aliphatic heterocycles. The molecule has 1 heterocycles. The minimum absolute atomic E-state index is 0.0585. The normalized spacial score (nSPS) is 11.3. The van der Waals surface area contributed by atoms with Gasteiger partial charge >= 0.3 is 5.97 Å². The molecule has 0 aliphatic rings. The molecule has 1 aromatic heterocycles. The van der Waals surface area contributed by atoms with Crippen molar-refractivity contribution in [3.63, 3.8) is 0 Å². The number of hydrogen-bond donors (Lipinski definition) is 2. The van der Waals surface area contributed by atoms with Gasteiger partial charge in [0.2, 0.25) is 18.6 Å². The lowest BCUT2D eigenvalue weighted by atomic mass is 10.0. The van der Waals surface area contributed by atoms with Crippen molar-refractivity contribution in [1.82, 2.24) is 20.3 Å². The fourth-order valence-corrected chi connectivity index (χ4v) is 8.67. The van der Waals surface area contributed by atoms with Crippen LogP contribution >= 0.6 is 7.14 Å². The zero-order valence-corrected chi connectivity index (χ0v) is 29.2. The lowest BCUT2D eigenvalue weighted by molar-refractivity contribution is -0.116. The van der Waals surface area contributed by atoms with Crippen LogP contribution in [-0.4, -0.2) is 37.5 Å². The predicted molar refractivity (Wildman–Crippen MR) is 196 cm³/mol. The Morgan fingerprint density at radius 1 is 0.843 bits per heavy atom. The molecule has 0 spiro atoms. The van der Waals surface area contributed by atoms with E-state index in [2.05, 4.69) is 22.1 Å². The summed E-state index contributed by atoms with van der Waals surface area (Å²) in [6, 6.07) is 29.4. The van der Waals surface area contributed by atoms with Gasteiger partial charge in [-0.1, -0.05) is 85.4 Å². The quantitative estimate of drug-likeness (QED) is 0.0905. The summed E-state index contributed by atoms with van der Waals surface area (Å²) in [5.74, 6) is -1.05. The molecule has 0 saturated heterocycles. The van der Waals surface area contributed by atoms with Crippen LogP contribution in [0.4, 0.5) is 0 Å². The first-order valence-corrected chi connectivity index (χ1v) is 17.8. The molecule has 0 fully saturated rings. The second-order valence-corrected chi connectivity index (χ2v) is 14.8. The summed E-state index contributed by atoms with van der Waals surface area (Å²) in [4.78, 5) is 40.3. The number of hydrogen-bond acceptors (Lipinski definition) is 8. The summed E-state index contributed by atoms with van der Waals surface area (Å²) >= 11 is 0. The van der Waals surface area contributed by atoms with E-state index in [1.807, 2.05) is 19.1 Å². The standard InChI is InChI=1S/C40H35N4O6P/c1-5-36(45)41-23-30-18-25(2)19-35(38(30)46)44-42-33-17-16-29(22-34(33)43-44)39(47)50-24-28-20-26(3)37(27(4)21-28)40(48)51(49,31-12-8-6-9-13-31)32-14-10-7-11-15-32/h5-22,46H,1,23-24H2,2-4H3,(H,41,45). The van der Waals surface area contributed by atoms with Crippen molar-refractivity contribution in [2.75, 3.05) is 0 Å². The van der Waals surface area contributed by atoms with E-state index in [4.69, 9.17) is 4.74 Å². The number of amides is 1. The molecular formula is C40H35N4O6P. The highest BCUT2D eigenvalue weighted by Crippen LogP contribution is 2.48. The Bertz CT molecular complexity index is 2300. The van der Waals surface area contributed by atoms with Crippen LogP contribution in [0.5, 0.6) is 5.75 Å². The van der Waals surface area contributed by atoms with Gasteiger partial charge in [0.05, 0.1) is 5.56 Å². The Hall–Kier alpha value is -6.12. The Kier molecular flexibility index (Phi) is 9.80. The Morgan fingerprint density at radius 3 is 2.06 bits per heavy atom. The maximum absolute atomic E-state index is 14.7. The van der Waals surface area contributed by atoms with E-state index in [-0.39, 0.29) is 30.4 Å². The molecule has 0 atom stereocenters. The van der Waals surface area contributed by atoms with Crippen molar-refractivity contribution in [2.24, 2.45) is 0 Å². The van der Waals surface area contributed by atoms with Gasteiger partial charge in [0.1, 0.15) is 29.1 Å². The molecule has 51 heavy (non-hydrogen) atoms. The predicted octanol–water partition coefficient (Wildman–Crippen LogP) is 6.36. The largest absolute Gasteiger partial charge is 0.505 e. The number of esters is 1. The number of carbonyl (C=O) groups excluding carboxylic acids is 3. The number of ether oxygens (including phenoxy) is 1. The molecule has 0 radical (unpaired) electrons. The van der Waals surface area contributed by atoms with Gasteiger partial charge in [-0.2, -0.15) is 0 Å². The summed E-state index contributed by atoms with van der Waals surface area (Å²) in [5, 5.41) is 23.5. The average Bonchev–Trinajstić information content (AvgIpc) is 3.57. The SMILES string of the molecule is C=CC(=O)NCc1cc(C)cc(-n2nc3ccc(C(=O)OCc4cc(C)c(C(=O)P(=O)(c5ccccc5)c5ccccc5)c(C)c4)cc3n2)c1O. The maximum Gasteiger partial charge on any atom is 0.338 e. The molecule has 6 rings (SSSR count). The maximum atomic E-state index is 14.7. The zero-order valence-electron chi connectivity index (χ0n) is 28.3. The molecule has 0 saturated carbocycles. The zero-order chi connectivity index (χ0) is 36.3. The second-order valence-electron chi connectivity index (χ2n) is 12.2. The fourth-order valence-electron chi connectivity index (χ4n) is 6.05. The summed E-state index contributed by atoms with van der Waals surface area (Å²) in [6.07, 6.45) is 1.15. The fraction of sp³-hybridized carbons (Fsp3) is 0.125. The van der Waals surface area contributed by atoms with E-state index in [1.165, 1.54) is 4.80 Å². The van der Waals surface area contributed by atoms with Crippen LogP contribution in [0.3, 0.4) is 0 Å². The number of fused-ring (bicyclic) bond motifs is 1. The van der Waals surface area contributed by atoms with Gasteiger partial charge in [-0.3, -0.25) is 9.59 Å².